The summed E-state index contributed by atoms with van der Waals surface area (Å²) in [6, 6.07) is 17.6. The number of nitrogens with one attached hydrogen (secondary N) is 1. The average molecular weight is 371 g/mol. The van der Waals surface area contributed by atoms with Gasteiger partial charge in [0.15, 0.2) is 0 Å². The second-order valence-electron chi connectivity index (χ2n) is 5.78. The molecule has 138 valence electrons. The number of furan rings is 1. The van der Waals surface area contributed by atoms with Gasteiger partial charge in [-0.1, -0.05) is 48.5 Å². The van der Waals surface area contributed by atoms with Gasteiger partial charge in [0, 0.05) is 18.2 Å². The van der Waals surface area contributed by atoms with Crippen LogP contribution in [0.3, 0.4) is 0 Å². The first kappa shape index (κ1) is 18.5. The van der Waals surface area contributed by atoms with Crippen molar-refractivity contribution in [1.82, 2.24) is 5.32 Å². The molecule has 1 amide bonds. The van der Waals surface area contributed by atoms with Crippen LogP contribution in [0.5, 0.6) is 0 Å². The molecule has 0 spiro atoms. The smallest absolute Gasteiger partial charge is 0.417 e. The molecule has 0 aliphatic rings. The quantitative estimate of drug-likeness (QED) is 0.619. The van der Waals surface area contributed by atoms with Crippen LogP contribution in [0.4, 0.5) is 13.2 Å². The predicted molar refractivity (Wildman–Crippen MR) is 96.5 cm³/mol. The molecule has 6 heteroatoms. The normalized spacial score (nSPS) is 11.7. The van der Waals surface area contributed by atoms with Crippen LogP contribution < -0.4 is 5.32 Å². The summed E-state index contributed by atoms with van der Waals surface area (Å²) in [5.41, 5.74) is 0.150. The Kier molecular flexibility index (Phi) is 5.45. The van der Waals surface area contributed by atoms with E-state index in [2.05, 4.69) is 5.32 Å². The Balaban J connectivity index is 1.68. The first-order chi connectivity index (χ1) is 12.9. The van der Waals surface area contributed by atoms with E-state index in [1.807, 2.05) is 30.3 Å². The van der Waals surface area contributed by atoms with Gasteiger partial charge in [0.1, 0.15) is 11.5 Å². The average Bonchev–Trinajstić information content (AvgIpc) is 3.14. The summed E-state index contributed by atoms with van der Waals surface area (Å²) >= 11 is 0. The zero-order valence-electron chi connectivity index (χ0n) is 14.2. The predicted octanol–water partition coefficient (Wildman–Crippen LogP) is 5.30. The van der Waals surface area contributed by atoms with E-state index in [0.29, 0.717) is 6.54 Å². The standard InChI is InChI=1S/C21H16F3NO2/c22-21(23,24)18-9-5-4-8-17(18)19-12-10-16(27-19)11-13-20(26)25-14-15-6-2-1-3-7-15/h1-13H,14H2,(H,25,26)/b13-11+. The molecule has 0 fully saturated rings. The lowest BCUT2D eigenvalue weighted by atomic mass is 10.1. The number of alkyl halides is 3. The molecule has 2 aromatic carbocycles. The van der Waals surface area contributed by atoms with Gasteiger partial charge >= 0.3 is 6.18 Å². The van der Waals surface area contributed by atoms with Gasteiger partial charge in [0.25, 0.3) is 0 Å². The minimum atomic E-state index is -4.48. The molecule has 0 saturated heterocycles. The van der Waals surface area contributed by atoms with Crippen LogP contribution in [-0.4, -0.2) is 5.91 Å². The third kappa shape index (κ3) is 4.88. The maximum absolute atomic E-state index is 13.1. The monoisotopic (exact) mass is 371 g/mol. The highest BCUT2D eigenvalue weighted by molar-refractivity contribution is 5.91. The Morgan fingerprint density at radius 3 is 2.41 bits per heavy atom. The molecular weight excluding hydrogens is 355 g/mol. The topological polar surface area (TPSA) is 42.2 Å². The maximum Gasteiger partial charge on any atom is 0.417 e. The zero-order chi connectivity index (χ0) is 19.3. The van der Waals surface area contributed by atoms with Gasteiger partial charge in [-0.25, -0.2) is 0 Å². The van der Waals surface area contributed by atoms with E-state index in [4.69, 9.17) is 4.42 Å². The van der Waals surface area contributed by atoms with E-state index in [1.54, 1.807) is 0 Å². The van der Waals surface area contributed by atoms with Gasteiger partial charge in [-0.3, -0.25) is 4.79 Å². The number of hydrogen-bond acceptors (Lipinski definition) is 2. The molecule has 3 nitrogen and oxygen atoms in total. The number of rotatable bonds is 5. The number of benzene rings is 2. The number of carbonyl (C=O) groups is 1. The molecule has 3 aromatic rings. The molecule has 0 bridgehead atoms. The van der Waals surface area contributed by atoms with Gasteiger partial charge in [-0.2, -0.15) is 13.2 Å². The fourth-order valence-corrected chi connectivity index (χ4v) is 2.53. The second-order valence-corrected chi connectivity index (χ2v) is 5.78. The third-order valence-electron chi connectivity index (χ3n) is 3.83. The summed E-state index contributed by atoms with van der Waals surface area (Å²) in [6.07, 6.45) is -1.78. The van der Waals surface area contributed by atoms with Crippen LogP contribution in [-0.2, 0) is 17.5 Å². The van der Waals surface area contributed by atoms with Gasteiger partial charge in [0.2, 0.25) is 5.91 Å². The molecule has 1 heterocycles. The van der Waals surface area contributed by atoms with E-state index >= 15 is 0 Å². The molecule has 1 aromatic heterocycles. The zero-order valence-corrected chi connectivity index (χ0v) is 14.2. The number of halogens is 3. The van der Waals surface area contributed by atoms with Gasteiger partial charge in [0.05, 0.1) is 5.56 Å². The minimum absolute atomic E-state index is 0.0434. The van der Waals surface area contributed by atoms with Crippen molar-refractivity contribution in [1.29, 1.82) is 0 Å². The summed E-state index contributed by atoms with van der Waals surface area (Å²) in [5.74, 6) is 0.0524. The largest absolute Gasteiger partial charge is 0.457 e. The Hall–Kier alpha value is -3.28. The van der Waals surface area contributed by atoms with Crippen LogP contribution in [0.25, 0.3) is 17.4 Å². The summed E-state index contributed by atoms with van der Waals surface area (Å²) in [6.45, 7) is 0.381. The number of carbonyl (C=O) groups excluding carboxylic acids is 1. The van der Waals surface area contributed by atoms with Crippen LogP contribution in [0, 0.1) is 0 Å². The van der Waals surface area contributed by atoms with Crippen molar-refractivity contribution in [2.24, 2.45) is 0 Å². The van der Waals surface area contributed by atoms with E-state index in [-0.39, 0.29) is 23.0 Å². The van der Waals surface area contributed by atoms with Crippen LogP contribution in [0.1, 0.15) is 16.9 Å². The second kappa shape index (κ2) is 7.95. The van der Waals surface area contributed by atoms with Crippen molar-refractivity contribution >= 4 is 12.0 Å². The Bertz CT molecular complexity index is 943. The molecule has 1 N–H and O–H groups in total. The molecule has 0 aliphatic carbocycles. The molecule has 0 unspecified atom stereocenters. The van der Waals surface area contributed by atoms with Crippen molar-refractivity contribution in [2.75, 3.05) is 0 Å². The van der Waals surface area contributed by atoms with Gasteiger partial charge in [-0.05, 0) is 29.8 Å². The highest BCUT2D eigenvalue weighted by Crippen LogP contribution is 2.37. The highest BCUT2D eigenvalue weighted by atomic mass is 19.4. The lowest BCUT2D eigenvalue weighted by Gasteiger charge is -2.10. The molecule has 0 atom stereocenters. The minimum Gasteiger partial charge on any atom is -0.457 e. The van der Waals surface area contributed by atoms with Crippen LogP contribution >= 0.6 is 0 Å². The molecular formula is C21H16F3NO2. The molecule has 0 aliphatic heterocycles. The van der Waals surface area contributed by atoms with E-state index < -0.39 is 11.7 Å². The molecule has 3 rings (SSSR count). The summed E-state index contributed by atoms with van der Waals surface area (Å²) in [5, 5.41) is 2.72. The van der Waals surface area contributed by atoms with Crippen LogP contribution in [0.15, 0.2) is 77.2 Å². The molecule has 27 heavy (non-hydrogen) atoms. The Morgan fingerprint density at radius 2 is 1.67 bits per heavy atom. The van der Waals surface area contributed by atoms with E-state index in [1.165, 1.54) is 42.5 Å². The van der Waals surface area contributed by atoms with Crippen molar-refractivity contribution < 1.29 is 22.4 Å². The first-order valence-corrected chi connectivity index (χ1v) is 8.20. The first-order valence-electron chi connectivity index (χ1n) is 8.20. The van der Waals surface area contributed by atoms with Crippen LogP contribution in [0.2, 0.25) is 0 Å². The SMILES string of the molecule is O=C(/C=C/c1ccc(-c2ccccc2C(F)(F)F)o1)NCc1ccccc1. The number of amides is 1. The Morgan fingerprint density at radius 1 is 0.963 bits per heavy atom. The van der Waals surface area contributed by atoms with Gasteiger partial charge in [-0.15, -0.1) is 0 Å². The molecule has 0 saturated carbocycles. The highest BCUT2D eigenvalue weighted by Gasteiger charge is 2.34. The maximum atomic E-state index is 13.1. The summed E-state index contributed by atoms with van der Waals surface area (Å²) < 4.78 is 44.8. The third-order valence-corrected chi connectivity index (χ3v) is 3.83. The van der Waals surface area contributed by atoms with Crippen molar-refractivity contribution in [3.05, 3.63) is 89.7 Å². The lowest BCUT2D eigenvalue weighted by Crippen LogP contribution is -2.20. The van der Waals surface area contributed by atoms with Crippen molar-refractivity contribution in [3.8, 4) is 11.3 Å². The molecule has 0 radical (unpaired) electrons. The number of hydrogen-bond donors (Lipinski definition) is 1. The summed E-state index contributed by atoms with van der Waals surface area (Å²) in [7, 11) is 0. The van der Waals surface area contributed by atoms with E-state index in [9.17, 15) is 18.0 Å². The lowest BCUT2D eigenvalue weighted by molar-refractivity contribution is -0.137. The fraction of sp³-hybridized carbons (Fsp3) is 0.0952. The fourth-order valence-electron chi connectivity index (χ4n) is 2.53. The van der Waals surface area contributed by atoms with E-state index in [0.717, 1.165) is 11.6 Å². The van der Waals surface area contributed by atoms with Gasteiger partial charge < -0.3 is 9.73 Å². The summed E-state index contributed by atoms with van der Waals surface area (Å²) in [4.78, 5) is 11.9. The van der Waals surface area contributed by atoms with Crippen molar-refractivity contribution in [2.45, 2.75) is 12.7 Å². The Labute approximate surface area is 154 Å². The van der Waals surface area contributed by atoms with Crippen molar-refractivity contribution in [3.63, 3.8) is 0 Å².